The average molecular weight is 620 g/mol. The number of aromatic nitrogens is 1. The second-order valence-electron chi connectivity index (χ2n) is 10.0. The first kappa shape index (κ1) is 29.8. The minimum absolute atomic E-state index is 0.00162. The molecule has 0 radical (unpaired) electrons. The topological polar surface area (TPSA) is 161 Å². The summed E-state index contributed by atoms with van der Waals surface area (Å²) in [7, 11) is -3.67. The van der Waals surface area contributed by atoms with Crippen molar-refractivity contribution in [3.05, 3.63) is 72.2 Å². The van der Waals surface area contributed by atoms with Crippen molar-refractivity contribution in [3.63, 3.8) is 0 Å². The second-order valence-corrected chi connectivity index (χ2v) is 11.6. The smallest absolute Gasteiger partial charge is 0.323 e. The summed E-state index contributed by atoms with van der Waals surface area (Å²) in [4.78, 5) is 43.9. The Hall–Kier alpha value is -4.70. The van der Waals surface area contributed by atoms with Crippen molar-refractivity contribution in [1.29, 1.82) is 0 Å². The van der Waals surface area contributed by atoms with Crippen LogP contribution in [0.4, 0.5) is 35.2 Å². The Morgan fingerprint density at radius 1 is 1.05 bits per heavy atom. The first-order chi connectivity index (χ1) is 20.3. The molecule has 2 heterocycles. The molecular weight excluding hydrogens is 595 g/mol. The van der Waals surface area contributed by atoms with Crippen molar-refractivity contribution in [1.82, 2.24) is 9.88 Å². The maximum atomic E-state index is 15.5. The number of hydrogen-bond donors (Lipinski definition) is 2. The van der Waals surface area contributed by atoms with Gasteiger partial charge in [-0.25, -0.2) is 22.9 Å². The summed E-state index contributed by atoms with van der Waals surface area (Å²) in [5.74, 6) is -5.22. The number of anilines is 3. The minimum Gasteiger partial charge on any atom is -0.454 e. The van der Waals surface area contributed by atoms with Gasteiger partial charge in [-0.3, -0.25) is 24.0 Å². The summed E-state index contributed by atoms with van der Waals surface area (Å²) in [6, 6.07) is 7.75. The molecule has 1 saturated carbocycles. The number of carbonyl (C=O) groups is 3. The van der Waals surface area contributed by atoms with Gasteiger partial charge in [-0.05, 0) is 43.2 Å². The van der Waals surface area contributed by atoms with Crippen molar-refractivity contribution in [3.8, 4) is 11.5 Å². The van der Waals surface area contributed by atoms with Crippen LogP contribution < -0.4 is 20.7 Å². The lowest BCUT2D eigenvalue weighted by molar-refractivity contribution is -0.133. The van der Waals surface area contributed by atoms with E-state index in [1.54, 1.807) is 0 Å². The monoisotopic (exact) mass is 619 g/mol. The molecule has 226 valence electrons. The number of urea groups is 1. The van der Waals surface area contributed by atoms with Crippen molar-refractivity contribution >= 4 is 45.2 Å². The number of rotatable bonds is 9. The Kier molecular flexibility index (Phi) is 7.74. The summed E-state index contributed by atoms with van der Waals surface area (Å²) in [5.41, 5.74) is 3.27. The van der Waals surface area contributed by atoms with E-state index in [1.165, 1.54) is 35.4 Å². The third-order valence-electron chi connectivity index (χ3n) is 6.80. The maximum Gasteiger partial charge on any atom is 0.323 e. The molecule has 1 aliphatic heterocycles. The maximum absolute atomic E-state index is 15.5. The standard InChI is InChI=1S/C27H24F3N5O7S/c1-43(39,40)42-18-13-34(14-18)26(38)33-23-10-17(6-9-32-23)41-22-12-19(29)21(11-20(22)30)35(16-4-2-15(28)3-5-16)25(37)27(7-8-27)24(31)36/h2-6,9-12,18H,7-8,13-14H2,1H3,(H2,31,36)(H,32,33,38). The molecule has 4 amide bonds. The minimum atomic E-state index is -3.67. The molecule has 0 atom stereocenters. The Balaban J connectivity index is 1.34. The quantitative estimate of drug-likeness (QED) is 0.272. The van der Waals surface area contributed by atoms with Crippen LogP contribution in [-0.4, -0.2) is 61.6 Å². The van der Waals surface area contributed by atoms with Gasteiger partial charge in [0.2, 0.25) is 11.8 Å². The van der Waals surface area contributed by atoms with E-state index >= 15 is 8.78 Å². The highest BCUT2D eigenvalue weighted by Crippen LogP contribution is 2.49. The fourth-order valence-corrected chi connectivity index (χ4v) is 5.01. The van der Waals surface area contributed by atoms with E-state index in [-0.39, 0.29) is 43.2 Å². The summed E-state index contributed by atoms with van der Waals surface area (Å²) < 4.78 is 77.0. The largest absolute Gasteiger partial charge is 0.454 e. The summed E-state index contributed by atoms with van der Waals surface area (Å²) >= 11 is 0. The second kappa shape index (κ2) is 11.2. The van der Waals surface area contributed by atoms with Gasteiger partial charge in [-0.2, -0.15) is 8.42 Å². The Bertz CT molecular complexity index is 1710. The Morgan fingerprint density at radius 2 is 1.72 bits per heavy atom. The van der Waals surface area contributed by atoms with Gasteiger partial charge in [-0.1, -0.05) is 0 Å². The zero-order valence-electron chi connectivity index (χ0n) is 22.4. The molecular formula is C27H24F3N5O7S. The Morgan fingerprint density at radius 3 is 2.33 bits per heavy atom. The number of pyridine rings is 1. The number of carbonyl (C=O) groups excluding carboxylic acids is 3. The number of likely N-dealkylation sites (tertiary alicyclic amines) is 1. The molecule has 1 aliphatic carbocycles. The lowest BCUT2D eigenvalue weighted by atomic mass is 10.0. The van der Waals surface area contributed by atoms with Crippen LogP contribution >= 0.6 is 0 Å². The molecule has 1 saturated heterocycles. The van der Waals surface area contributed by atoms with E-state index in [0.29, 0.717) is 12.1 Å². The van der Waals surface area contributed by atoms with Gasteiger partial charge in [0.1, 0.15) is 28.9 Å². The number of nitrogens with one attached hydrogen (secondary N) is 1. The third-order valence-corrected chi connectivity index (χ3v) is 7.42. The van der Waals surface area contributed by atoms with Crippen molar-refractivity contribution in [2.75, 3.05) is 29.6 Å². The highest BCUT2D eigenvalue weighted by atomic mass is 32.2. The van der Waals surface area contributed by atoms with Crippen LogP contribution in [-0.2, 0) is 23.9 Å². The molecule has 2 aromatic carbocycles. The van der Waals surface area contributed by atoms with Gasteiger partial charge >= 0.3 is 6.03 Å². The molecule has 43 heavy (non-hydrogen) atoms. The molecule has 5 rings (SSSR count). The SMILES string of the molecule is CS(=O)(=O)OC1CN(C(=O)Nc2cc(Oc3cc(F)c(N(C(=O)C4(C(N)=O)CC4)c4ccc(F)cc4)cc3F)ccn2)C1. The van der Waals surface area contributed by atoms with Gasteiger partial charge < -0.3 is 15.4 Å². The number of primary amides is 1. The first-order valence-electron chi connectivity index (χ1n) is 12.7. The first-order valence-corrected chi connectivity index (χ1v) is 14.5. The van der Waals surface area contributed by atoms with Crippen LogP contribution in [0.25, 0.3) is 0 Å². The van der Waals surface area contributed by atoms with Crippen LogP contribution in [0, 0.1) is 22.9 Å². The zero-order valence-corrected chi connectivity index (χ0v) is 23.2. The van der Waals surface area contributed by atoms with E-state index in [9.17, 15) is 27.2 Å². The summed E-state index contributed by atoms with van der Waals surface area (Å²) in [5, 5.41) is 2.48. The third kappa shape index (κ3) is 6.39. The molecule has 3 aromatic rings. The van der Waals surface area contributed by atoms with Gasteiger partial charge in [0.25, 0.3) is 10.1 Å². The van der Waals surface area contributed by atoms with Crippen LogP contribution in [0.5, 0.6) is 11.5 Å². The summed E-state index contributed by atoms with van der Waals surface area (Å²) in [6.07, 6.45) is 1.73. The molecule has 3 N–H and O–H groups in total. The lowest BCUT2D eigenvalue weighted by Crippen LogP contribution is -2.56. The molecule has 1 aromatic heterocycles. The van der Waals surface area contributed by atoms with E-state index in [4.69, 9.17) is 14.7 Å². The number of ether oxygens (including phenoxy) is 1. The van der Waals surface area contributed by atoms with Crippen molar-refractivity contribution in [2.45, 2.75) is 18.9 Å². The van der Waals surface area contributed by atoms with Crippen LogP contribution in [0.1, 0.15) is 12.8 Å². The van der Waals surface area contributed by atoms with E-state index in [2.05, 4.69) is 10.3 Å². The van der Waals surface area contributed by atoms with Crippen molar-refractivity contribution < 1.29 is 44.9 Å². The highest BCUT2D eigenvalue weighted by Gasteiger charge is 2.57. The number of benzene rings is 2. The predicted molar refractivity (Wildman–Crippen MR) is 145 cm³/mol. The van der Waals surface area contributed by atoms with Gasteiger partial charge in [0.05, 0.1) is 25.0 Å². The number of hydrogen-bond acceptors (Lipinski definition) is 8. The number of halogens is 3. The molecule has 0 spiro atoms. The number of nitrogens with two attached hydrogens (primary N) is 1. The fourth-order valence-electron chi connectivity index (χ4n) is 4.40. The molecule has 2 aliphatic rings. The van der Waals surface area contributed by atoms with E-state index in [0.717, 1.165) is 23.3 Å². The predicted octanol–water partition coefficient (Wildman–Crippen LogP) is 3.41. The van der Waals surface area contributed by atoms with Crippen molar-refractivity contribution in [2.24, 2.45) is 11.1 Å². The molecule has 12 nitrogen and oxygen atoms in total. The van der Waals surface area contributed by atoms with E-state index < -0.39 is 68.4 Å². The van der Waals surface area contributed by atoms with Gasteiger partial charge in [0.15, 0.2) is 17.4 Å². The lowest BCUT2D eigenvalue weighted by Gasteiger charge is -2.37. The molecule has 16 heteroatoms. The fraction of sp³-hybridized carbons (Fsp3) is 0.259. The average Bonchev–Trinajstić information content (AvgIpc) is 3.72. The van der Waals surface area contributed by atoms with Crippen LogP contribution in [0.2, 0.25) is 0 Å². The number of amides is 4. The molecule has 2 fully saturated rings. The highest BCUT2D eigenvalue weighted by molar-refractivity contribution is 7.86. The molecule has 0 unspecified atom stereocenters. The Labute approximate surface area is 243 Å². The van der Waals surface area contributed by atoms with Gasteiger partial charge in [-0.15, -0.1) is 0 Å². The van der Waals surface area contributed by atoms with Crippen LogP contribution in [0.3, 0.4) is 0 Å². The number of nitrogens with zero attached hydrogens (tertiary/aromatic N) is 3. The zero-order chi connectivity index (χ0) is 31.1. The summed E-state index contributed by atoms with van der Waals surface area (Å²) in [6.45, 7) is 0.0634. The van der Waals surface area contributed by atoms with Gasteiger partial charge in [0, 0.05) is 30.1 Å². The van der Waals surface area contributed by atoms with Crippen LogP contribution in [0.15, 0.2) is 54.7 Å². The normalized spacial score (nSPS) is 15.8. The van der Waals surface area contributed by atoms with E-state index in [1.807, 2.05) is 0 Å². The molecule has 0 bridgehead atoms.